The number of nitrogens with one attached hydrogen (secondary N) is 2. The molecular weight excluding hydrogens is 354 g/mol. The lowest BCUT2D eigenvalue weighted by molar-refractivity contribution is -0.148. The lowest BCUT2D eigenvalue weighted by Crippen LogP contribution is -2.41. The highest BCUT2D eigenvalue weighted by Crippen LogP contribution is 2.22. The van der Waals surface area contributed by atoms with Crippen LogP contribution in [0, 0.1) is 0 Å². The zero-order valence-corrected chi connectivity index (χ0v) is 15.1. The van der Waals surface area contributed by atoms with Crippen LogP contribution in [0.25, 0.3) is 0 Å². The molecule has 27 heavy (non-hydrogen) atoms. The van der Waals surface area contributed by atoms with Crippen molar-refractivity contribution in [1.29, 1.82) is 0 Å². The van der Waals surface area contributed by atoms with E-state index >= 15 is 0 Å². The Labute approximate surface area is 156 Å². The van der Waals surface area contributed by atoms with Gasteiger partial charge in [-0.05, 0) is 26.0 Å². The maximum absolute atomic E-state index is 12.2. The quantitative estimate of drug-likeness (QED) is 0.482. The molecule has 0 aliphatic carbocycles. The lowest BCUT2D eigenvalue weighted by Gasteiger charge is -2.13. The van der Waals surface area contributed by atoms with Gasteiger partial charge in [0.1, 0.15) is 0 Å². The average molecular weight is 375 g/mol. The number of fused-ring (bicyclic) bond motifs is 1. The predicted octanol–water partition coefficient (Wildman–Crippen LogP) is -0.143. The van der Waals surface area contributed by atoms with E-state index in [1.807, 2.05) is 0 Å². The minimum absolute atomic E-state index is 0.0469. The molecule has 0 radical (unpaired) electrons. The summed E-state index contributed by atoms with van der Waals surface area (Å²) < 4.78 is 4.79. The first kappa shape index (κ1) is 20.1. The van der Waals surface area contributed by atoms with E-state index in [0.29, 0.717) is 11.1 Å². The zero-order chi connectivity index (χ0) is 20.0. The highest BCUT2D eigenvalue weighted by Gasteiger charge is 2.35. The summed E-state index contributed by atoms with van der Waals surface area (Å²) in [4.78, 5) is 60.0. The van der Waals surface area contributed by atoms with Crippen LogP contribution in [0.4, 0.5) is 0 Å². The van der Waals surface area contributed by atoms with Crippen LogP contribution >= 0.6 is 0 Å². The van der Waals surface area contributed by atoms with Gasteiger partial charge in [0.2, 0.25) is 5.91 Å². The third-order valence-electron chi connectivity index (χ3n) is 3.68. The molecule has 2 N–H and O–H groups in total. The summed E-state index contributed by atoms with van der Waals surface area (Å²) in [6, 6.07) is 6.36. The fourth-order valence-corrected chi connectivity index (χ4v) is 2.47. The maximum Gasteiger partial charge on any atom is 0.308 e. The van der Waals surface area contributed by atoms with Crippen molar-refractivity contribution in [2.75, 3.05) is 19.7 Å². The largest absolute Gasteiger partial charge is 0.456 e. The van der Waals surface area contributed by atoms with Crippen molar-refractivity contribution in [2.24, 2.45) is 0 Å². The number of imide groups is 1. The molecule has 144 valence electrons. The van der Waals surface area contributed by atoms with Gasteiger partial charge >= 0.3 is 5.97 Å². The van der Waals surface area contributed by atoms with E-state index in [-0.39, 0.29) is 31.5 Å². The number of nitrogens with zero attached hydrogens (tertiary/aromatic N) is 1. The number of hydrogen-bond donors (Lipinski definition) is 2. The molecule has 1 aromatic rings. The van der Waals surface area contributed by atoms with Crippen LogP contribution in [-0.4, -0.2) is 60.2 Å². The van der Waals surface area contributed by atoms with Crippen LogP contribution in [0.3, 0.4) is 0 Å². The van der Waals surface area contributed by atoms with Crippen LogP contribution in [0.15, 0.2) is 24.3 Å². The molecule has 0 saturated carbocycles. The first-order chi connectivity index (χ1) is 12.8. The molecule has 0 aromatic heterocycles. The molecule has 1 aromatic carbocycles. The second-order valence-corrected chi connectivity index (χ2v) is 6.22. The van der Waals surface area contributed by atoms with Crippen LogP contribution in [0.1, 0.15) is 41.0 Å². The van der Waals surface area contributed by atoms with Gasteiger partial charge in [0.15, 0.2) is 6.61 Å². The minimum atomic E-state index is -0.728. The summed E-state index contributed by atoms with van der Waals surface area (Å²) in [7, 11) is 0. The first-order valence-electron chi connectivity index (χ1n) is 8.46. The van der Waals surface area contributed by atoms with Crippen molar-refractivity contribution in [3.63, 3.8) is 0 Å². The molecule has 0 saturated heterocycles. The number of carbonyl (C=O) groups excluding carboxylic acids is 5. The summed E-state index contributed by atoms with van der Waals surface area (Å²) in [6.07, 6.45) is -0.230. The van der Waals surface area contributed by atoms with E-state index in [2.05, 4.69) is 10.6 Å². The smallest absolute Gasteiger partial charge is 0.308 e. The molecule has 1 aliphatic rings. The Bertz CT molecular complexity index is 739. The fourth-order valence-electron chi connectivity index (χ4n) is 2.47. The number of amides is 4. The SMILES string of the molecule is CC(C)NC(=O)CNC(=O)COC(=O)CCN1C(=O)c2ccccc2C1=O. The van der Waals surface area contributed by atoms with Crippen LogP contribution in [0.5, 0.6) is 0 Å². The molecule has 0 spiro atoms. The van der Waals surface area contributed by atoms with Crippen LogP contribution in [-0.2, 0) is 19.1 Å². The molecule has 0 atom stereocenters. The Morgan fingerprint density at radius 3 is 2.19 bits per heavy atom. The molecule has 9 nitrogen and oxygen atoms in total. The number of carbonyl (C=O) groups is 5. The summed E-state index contributed by atoms with van der Waals surface area (Å²) in [5.41, 5.74) is 0.602. The van der Waals surface area contributed by atoms with Gasteiger partial charge < -0.3 is 15.4 Å². The number of benzene rings is 1. The van der Waals surface area contributed by atoms with Gasteiger partial charge in [0.25, 0.3) is 17.7 Å². The monoisotopic (exact) mass is 375 g/mol. The third-order valence-corrected chi connectivity index (χ3v) is 3.68. The molecule has 1 aliphatic heterocycles. The van der Waals surface area contributed by atoms with Crippen molar-refractivity contribution < 1.29 is 28.7 Å². The maximum atomic E-state index is 12.2. The Hall–Kier alpha value is -3.23. The first-order valence-corrected chi connectivity index (χ1v) is 8.46. The molecule has 9 heteroatoms. The number of esters is 1. The fraction of sp³-hybridized carbons (Fsp3) is 0.389. The zero-order valence-electron chi connectivity index (χ0n) is 15.1. The third kappa shape index (κ3) is 5.37. The number of ether oxygens (including phenoxy) is 1. The predicted molar refractivity (Wildman–Crippen MR) is 93.7 cm³/mol. The Morgan fingerprint density at radius 1 is 1.04 bits per heavy atom. The number of rotatable bonds is 8. The van der Waals surface area contributed by atoms with Gasteiger partial charge in [0, 0.05) is 12.6 Å². The summed E-state index contributed by atoms with van der Waals surface area (Å²) in [6.45, 7) is 2.68. The molecule has 1 heterocycles. The Kier molecular flexibility index (Phi) is 6.64. The van der Waals surface area contributed by atoms with E-state index in [1.165, 1.54) is 0 Å². The van der Waals surface area contributed by atoms with Crippen molar-refractivity contribution in [1.82, 2.24) is 15.5 Å². The minimum Gasteiger partial charge on any atom is -0.456 e. The van der Waals surface area contributed by atoms with E-state index in [0.717, 1.165) is 4.90 Å². The summed E-state index contributed by atoms with van der Waals surface area (Å²) in [5, 5.41) is 4.92. The van der Waals surface area contributed by atoms with Crippen LogP contribution in [0.2, 0.25) is 0 Å². The van der Waals surface area contributed by atoms with Crippen molar-refractivity contribution in [2.45, 2.75) is 26.3 Å². The van der Waals surface area contributed by atoms with Crippen molar-refractivity contribution in [3.05, 3.63) is 35.4 Å². The topological polar surface area (TPSA) is 122 Å². The second kappa shape index (κ2) is 8.93. The highest BCUT2D eigenvalue weighted by molar-refractivity contribution is 6.21. The second-order valence-electron chi connectivity index (χ2n) is 6.22. The average Bonchev–Trinajstić information content (AvgIpc) is 2.87. The summed E-state index contributed by atoms with van der Waals surface area (Å²) >= 11 is 0. The standard InChI is InChI=1S/C18H21N3O6/c1-11(2)20-14(22)9-19-15(23)10-27-16(24)7-8-21-17(25)12-5-3-4-6-13(12)18(21)26/h3-6,11H,7-10H2,1-2H3,(H,19,23)(H,20,22). The highest BCUT2D eigenvalue weighted by atomic mass is 16.5. The molecule has 4 amide bonds. The Morgan fingerprint density at radius 2 is 1.63 bits per heavy atom. The van der Waals surface area contributed by atoms with Crippen molar-refractivity contribution in [3.8, 4) is 0 Å². The van der Waals surface area contributed by atoms with Gasteiger partial charge in [0.05, 0.1) is 24.1 Å². The Balaban J connectivity index is 1.71. The van der Waals surface area contributed by atoms with E-state index < -0.39 is 30.3 Å². The number of hydrogen-bond acceptors (Lipinski definition) is 6. The molecular formula is C18H21N3O6. The van der Waals surface area contributed by atoms with Gasteiger partial charge in [-0.1, -0.05) is 12.1 Å². The van der Waals surface area contributed by atoms with Crippen molar-refractivity contribution >= 4 is 29.6 Å². The molecule has 0 bridgehead atoms. The van der Waals surface area contributed by atoms with E-state index in [1.54, 1.807) is 38.1 Å². The van der Waals surface area contributed by atoms with Gasteiger partial charge in [-0.15, -0.1) is 0 Å². The van der Waals surface area contributed by atoms with Gasteiger partial charge in [-0.2, -0.15) is 0 Å². The summed E-state index contributed by atoms with van der Waals surface area (Å²) in [5.74, 6) is -2.62. The molecule has 2 rings (SSSR count). The van der Waals surface area contributed by atoms with E-state index in [9.17, 15) is 24.0 Å². The normalized spacial score (nSPS) is 12.8. The molecule has 0 fully saturated rings. The van der Waals surface area contributed by atoms with Gasteiger partial charge in [-0.3, -0.25) is 28.9 Å². The molecule has 0 unspecified atom stereocenters. The van der Waals surface area contributed by atoms with Gasteiger partial charge in [-0.25, -0.2) is 0 Å². The van der Waals surface area contributed by atoms with Crippen LogP contribution < -0.4 is 10.6 Å². The lowest BCUT2D eigenvalue weighted by atomic mass is 10.1. The van der Waals surface area contributed by atoms with E-state index in [4.69, 9.17) is 4.74 Å².